The normalized spacial score (nSPS) is 17.8. The van der Waals surface area contributed by atoms with Crippen LogP contribution in [-0.2, 0) is 10.6 Å². The first-order valence-electron chi connectivity index (χ1n) is 4.11. The fraction of sp³-hybridized carbons (Fsp3) is 0.714. The van der Waals surface area contributed by atoms with Gasteiger partial charge in [0.25, 0.3) is 5.95 Å². The van der Waals surface area contributed by atoms with E-state index in [9.17, 15) is 0 Å². The number of hydrogen-bond donors (Lipinski definition) is 0. The minimum absolute atomic E-state index is 0.261. The average molecular weight is 204 g/mol. The zero-order valence-electron chi connectivity index (χ0n) is 7.07. The second-order valence-corrected chi connectivity index (χ2v) is 2.99. The van der Waals surface area contributed by atoms with Gasteiger partial charge in [0.2, 0.25) is 5.89 Å². The van der Waals surface area contributed by atoms with E-state index in [1.54, 1.807) is 0 Å². The van der Waals surface area contributed by atoms with Gasteiger partial charge in [0.05, 0.1) is 13.2 Å². The fourth-order valence-electron chi connectivity index (χ4n) is 1.19. The van der Waals surface area contributed by atoms with Gasteiger partial charge < -0.3 is 14.2 Å². The summed E-state index contributed by atoms with van der Waals surface area (Å²) < 4.78 is 10.1. The Balaban J connectivity index is 2.05. The van der Waals surface area contributed by atoms with Crippen molar-refractivity contribution < 1.29 is 9.26 Å². The van der Waals surface area contributed by atoms with Crippen LogP contribution in [0.1, 0.15) is 5.89 Å². The molecule has 1 saturated heterocycles. The van der Waals surface area contributed by atoms with E-state index in [2.05, 4.69) is 10.1 Å². The average Bonchev–Trinajstić information content (AvgIpc) is 2.67. The molecule has 5 nitrogen and oxygen atoms in total. The zero-order valence-corrected chi connectivity index (χ0v) is 7.83. The molecule has 2 heterocycles. The molecule has 1 fully saturated rings. The molecule has 0 radical (unpaired) electrons. The van der Waals surface area contributed by atoms with Crippen LogP contribution in [0.3, 0.4) is 0 Å². The van der Waals surface area contributed by atoms with Crippen LogP contribution in [-0.4, -0.2) is 36.4 Å². The summed E-state index contributed by atoms with van der Waals surface area (Å²) in [6.07, 6.45) is 0. The topological polar surface area (TPSA) is 51.4 Å². The van der Waals surface area contributed by atoms with Crippen molar-refractivity contribution in [1.29, 1.82) is 0 Å². The molecule has 0 atom stereocenters. The van der Waals surface area contributed by atoms with E-state index in [0.29, 0.717) is 25.1 Å². The minimum Gasteiger partial charge on any atom is -0.378 e. The maximum atomic E-state index is 5.54. The smallest absolute Gasteiger partial charge is 0.266 e. The van der Waals surface area contributed by atoms with Gasteiger partial charge in [0.1, 0.15) is 5.88 Å². The van der Waals surface area contributed by atoms with Crippen molar-refractivity contribution in [2.75, 3.05) is 31.2 Å². The van der Waals surface area contributed by atoms with E-state index >= 15 is 0 Å². The van der Waals surface area contributed by atoms with Gasteiger partial charge in [-0.2, -0.15) is 4.98 Å². The number of morpholine rings is 1. The molecule has 0 aromatic carbocycles. The van der Waals surface area contributed by atoms with Crippen LogP contribution in [0.5, 0.6) is 0 Å². The molecule has 0 unspecified atom stereocenters. The van der Waals surface area contributed by atoms with Gasteiger partial charge in [-0.25, -0.2) is 0 Å². The summed E-state index contributed by atoms with van der Waals surface area (Å²) in [5.74, 6) is 1.33. The predicted molar refractivity (Wildman–Crippen MR) is 46.9 cm³/mol. The van der Waals surface area contributed by atoms with E-state index in [0.717, 1.165) is 13.1 Å². The van der Waals surface area contributed by atoms with Crippen molar-refractivity contribution >= 4 is 17.5 Å². The standard InChI is InChI=1S/C7H10ClN3O2/c8-5-6-9-7(10-13-6)11-1-3-12-4-2-11/h1-5H2. The highest BCUT2D eigenvalue weighted by atomic mass is 35.5. The first-order valence-corrected chi connectivity index (χ1v) is 4.65. The summed E-state index contributed by atoms with van der Waals surface area (Å²) in [5, 5.41) is 3.81. The summed E-state index contributed by atoms with van der Waals surface area (Å²) in [7, 11) is 0. The Hall–Kier alpha value is -0.810. The largest absolute Gasteiger partial charge is 0.378 e. The fourth-order valence-corrected chi connectivity index (χ4v) is 1.30. The summed E-state index contributed by atoms with van der Waals surface area (Å²) in [6, 6.07) is 0. The molecule has 1 aromatic rings. The Morgan fingerprint density at radius 2 is 2.15 bits per heavy atom. The highest BCUT2D eigenvalue weighted by Crippen LogP contribution is 2.11. The van der Waals surface area contributed by atoms with Crippen molar-refractivity contribution in [1.82, 2.24) is 10.1 Å². The minimum atomic E-state index is 0.261. The van der Waals surface area contributed by atoms with Crippen molar-refractivity contribution in [2.24, 2.45) is 0 Å². The molecule has 6 heteroatoms. The van der Waals surface area contributed by atoms with Crippen molar-refractivity contribution in [3.8, 4) is 0 Å². The first kappa shape index (κ1) is 8.77. The molecular weight excluding hydrogens is 194 g/mol. The molecule has 2 rings (SSSR count). The van der Waals surface area contributed by atoms with Gasteiger partial charge in [0, 0.05) is 13.1 Å². The number of aromatic nitrogens is 2. The number of anilines is 1. The van der Waals surface area contributed by atoms with E-state index in [1.807, 2.05) is 4.90 Å². The van der Waals surface area contributed by atoms with Crippen LogP contribution < -0.4 is 4.90 Å². The van der Waals surface area contributed by atoms with Gasteiger partial charge in [-0.3, -0.25) is 0 Å². The highest BCUT2D eigenvalue weighted by molar-refractivity contribution is 6.16. The molecule has 0 spiro atoms. The number of ether oxygens (including phenoxy) is 1. The maximum absolute atomic E-state index is 5.54. The third-order valence-electron chi connectivity index (χ3n) is 1.87. The molecule has 0 amide bonds. The van der Waals surface area contributed by atoms with Crippen molar-refractivity contribution in [3.05, 3.63) is 5.89 Å². The lowest BCUT2D eigenvalue weighted by atomic mass is 10.4. The summed E-state index contributed by atoms with van der Waals surface area (Å²) in [4.78, 5) is 6.13. The number of hydrogen-bond acceptors (Lipinski definition) is 5. The molecule has 1 aliphatic heterocycles. The Bertz CT molecular complexity index is 272. The third-order valence-corrected chi connectivity index (χ3v) is 2.09. The van der Waals surface area contributed by atoms with Gasteiger partial charge >= 0.3 is 0 Å². The summed E-state index contributed by atoms with van der Waals surface area (Å²) >= 11 is 5.54. The van der Waals surface area contributed by atoms with Crippen LogP contribution >= 0.6 is 11.6 Å². The van der Waals surface area contributed by atoms with Gasteiger partial charge in [-0.05, 0) is 5.16 Å². The molecule has 13 heavy (non-hydrogen) atoms. The van der Waals surface area contributed by atoms with E-state index in [4.69, 9.17) is 20.9 Å². The van der Waals surface area contributed by atoms with E-state index < -0.39 is 0 Å². The lowest BCUT2D eigenvalue weighted by molar-refractivity contribution is 0.121. The van der Waals surface area contributed by atoms with E-state index in [-0.39, 0.29) is 5.88 Å². The Labute approximate surface area is 80.6 Å². The van der Waals surface area contributed by atoms with Crippen LogP contribution in [0, 0.1) is 0 Å². The second kappa shape index (κ2) is 3.93. The van der Waals surface area contributed by atoms with Crippen LogP contribution in [0.25, 0.3) is 0 Å². The number of nitrogens with zero attached hydrogens (tertiary/aromatic N) is 3. The molecule has 0 aliphatic carbocycles. The Morgan fingerprint density at radius 3 is 2.77 bits per heavy atom. The van der Waals surface area contributed by atoms with Crippen molar-refractivity contribution in [2.45, 2.75) is 5.88 Å². The van der Waals surface area contributed by atoms with Crippen LogP contribution in [0.2, 0.25) is 0 Å². The quantitative estimate of drug-likeness (QED) is 0.661. The Kier molecular flexibility index (Phi) is 2.65. The van der Waals surface area contributed by atoms with Crippen LogP contribution in [0.4, 0.5) is 5.95 Å². The predicted octanol–water partition coefficient (Wildman–Crippen LogP) is 0.645. The molecule has 1 aromatic heterocycles. The third kappa shape index (κ3) is 1.92. The molecule has 0 N–H and O–H groups in total. The molecule has 0 saturated carbocycles. The summed E-state index contributed by atoms with van der Waals surface area (Å²) in [5.41, 5.74) is 0. The lowest BCUT2D eigenvalue weighted by Crippen LogP contribution is -2.36. The number of alkyl halides is 1. The molecule has 72 valence electrons. The van der Waals surface area contributed by atoms with Crippen LogP contribution in [0.15, 0.2) is 4.52 Å². The Morgan fingerprint density at radius 1 is 1.38 bits per heavy atom. The molecular formula is C7H10ClN3O2. The van der Waals surface area contributed by atoms with E-state index in [1.165, 1.54) is 0 Å². The highest BCUT2D eigenvalue weighted by Gasteiger charge is 2.16. The second-order valence-electron chi connectivity index (χ2n) is 2.72. The van der Waals surface area contributed by atoms with Gasteiger partial charge in [-0.15, -0.1) is 11.6 Å². The van der Waals surface area contributed by atoms with Gasteiger partial charge in [-0.1, -0.05) is 0 Å². The van der Waals surface area contributed by atoms with Crippen molar-refractivity contribution in [3.63, 3.8) is 0 Å². The first-order chi connectivity index (χ1) is 6.40. The summed E-state index contributed by atoms with van der Waals surface area (Å²) in [6.45, 7) is 3.04. The SMILES string of the molecule is ClCc1nc(N2CCOCC2)no1. The zero-order chi connectivity index (χ0) is 9.10. The monoisotopic (exact) mass is 203 g/mol. The number of rotatable bonds is 2. The maximum Gasteiger partial charge on any atom is 0.266 e. The molecule has 1 aliphatic rings. The lowest BCUT2D eigenvalue weighted by Gasteiger charge is -2.24. The molecule has 0 bridgehead atoms. The number of halogens is 1. The van der Waals surface area contributed by atoms with Gasteiger partial charge in [0.15, 0.2) is 0 Å².